The van der Waals surface area contributed by atoms with Crippen LogP contribution in [0.15, 0.2) is 43.1 Å². The molecule has 0 atom stereocenters. The highest BCUT2D eigenvalue weighted by molar-refractivity contribution is 6.32. The topological polar surface area (TPSA) is 85.2 Å². The smallest absolute Gasteiger partial charge is 0.275 e. The second kappa shape index (κ2) is 7.40. The quantitative estimate of drug-likeness (QED) is 0.741. The normalized spacial score (nSPS) is 10.5. The predicted molar refractivity (Wildman–Crippen MR) is 99.4 cm³/mol. The zero-order valence-corrected chi connectivity index (χ0v) is 15.2. The molecular formula is C17H17ClN6O2. The molecule has 0 bridgehead atoms. The SMILES string of the molecule is COc1ccc(NC(=O)c2cn(-c3cc(N(C)C)ncn3)cn2)cc1Cl. The first-order chi connectivity index (χ1) is 12.5. The van der Waals surface area contributed by atoms with Crippen molar-refractivity contribution < 1.29 is 9.53 Å². The number of nitrogens with one attached hydrogen (secondary N) is 1. The lowest BCUT2D eigenvalue weighted by atomic mass is 10.3. The molecule has 2 aromatic heterocycles. The van der Waals surface area contributed by atoms with Gasteiger partial charge in [-0.05, 0) is 18.2 Å². The number of carbonyl (C=O) groups excluding carboxylic acids is 1. The van der Waals surface area contributed by atoms with Crippen LogP contribution in [0.4, 0.5) is 11.5 Å². The number of anilines is 2. The van der Waals surface area contributed by atoms with Gasteiger partial charge in [0.2, 0.25) is 0 Å². The van der Waals surface area contributed by atoms with E-state index in [1.54, 1.807) is 35.0 Å². The molecule has 3 rings (SSSR count). The number of imidazole rings is 1. The summed E-state index contributed by atoms with van der Waals surface area (Å²) in [5, 5.41) is 3.16. The summed E-state index contributed by atoms with van der Waals surface area (Å²) in [6.45, 7) is 0. The second-order valence-corrected chi connectivity index (χ2v) is 6.01. The van der Waals surface area contributed by atoms with Crippen molar-refractivity contribution in [3.63, 3.8) is 0 Å². The number of ether oxygens (including phenoxy) is 1. The Morgan fingerprint density at radius 1 is 1.23 bits per heavy atom. The highest BCUT2D eigenvalue weighted by Crippen LogP contribution is 2.27. The zero-order valence-electron chi connectivity index (χ0n) is 14.5. The third-order valence-electron chi connectivity index (χ3n) is 3.59. The lowest BCUT2D eigenvalue weighted by molar-refractivity contribution is 0.102. The Hall–Kier alpha value is -3.13. The molecule has 0 aliphatic heterocycles. The van der Waals surface area contributed by atoms with E-state index >= 15 is 0 Å². The molecule has 0 radical (unpaired) electrons. The van der Waals surface area contributed by atoms with E-state index in [4.69, 9.17) is 16.3 Å². The fourth-order valence-corrected chi connectivity index (χ4v) is 2.49. The Morgan fingerprint density at radius 2 is 2.04 bits per heavy atom. The first kappa shape index (κ1) is 17.7. The number of nitrogens with zero attached hydrogens (tertiary/aromatic N) is 5. The highest BCUT2D eigenvalue weighted by atomic mass is 35.5. The van der Waals surface area contributed by atoms with Crippen molar-refractivity contribution in [1.82, 2.24) is 19.5 Å². The van der Waals surface area contributed by atoms with Crippen LogP contribution in [0.2, 0.25) is 5.02 Å². The summed E-state index contributed by atoms with van der Waals surface area (Å²) in [5.41, 5.74) is 0.800. The maximum absolute atomic E-state index is 12.4. The van der Waals surface area contributed by atoms with Crippen molar-refractivity contribution in [3.8, 4) is 11.6 Å². The van der Waals surface area contributed by atoms with Gasteiger partial charge in [0, 0.05) is 32.0 Å². The molecule has 3 aromatic rings. The van der Waals surface area contributed by atoms with Crippen molar-refractivity contribution in [1.29, 1.82) is 0 Å². The lowest BCUT2D eigenvalue weighted by Gasteiger charge is -2.11. The van der Waals surface area contributed by atoms with E-state index in [0.29, 0.717) is 22.3 Å². The van der Waals surface area contributed by atoms with Gasteiger partial charge in [0.1, 0.15) is 35.7 Å². The summed E-state index contributed by atoms with van der Waals surface area (Å²) in [5.74, 6) is 1.55. The van der Waals surface area contributed by atoms with E-state index in [1.807, 2.05) is 19.0 Å². The molecule has 26 heavy (non-hydrogen) atoms. The standard InChI is InChI=1S/C17H17ClN6O2/c1-23(2)15-7-16(20-9-19-15)24-8-13(21-10-24)17(25)22-11-4-5-14(26-3)12(18)6-11/h4-10H,1-3H3,(H,22,25). The molecule has 0 spiro atoms. The first-order valence-electron chi connectivity index (χ1n) is 7.66. The number of methoxy groups -OCH3 is 1. The number of hydrogen-bond acceptors (Lipinski definition) is 6. The average Bonchev–Trinajstić information content (AvgIpc) is 3.12. The van der Waals surface area contributed by atoms with Gasteiger partial charge in [-0.1, -0.05) is 11.6 Å². The van der Waals surface area contributed by atoms with Crippen LogP contribution in [0.1, 0.15) is 10.5 Å². The van der Waals surface area contributed by atoms with Crippen LogP contribution in [0, 0.1) is 0 Å². The van der Waals surface area contributed by atoms with E-state index < -0.39 is 0 Å². The van der Waals surface area contributed by atoms with Crippen LogP contribution in [0.3, 0.4) is 0 Å². The van der Waals surface area contributed by atoms with Crippen LogP contribution in [0.5, 0.6) is 5.75 Å². The van der Waals surface area contributed by atoms with Gasteiger partial charge >= 0.3 is 0 Å². The summed E-state index contributed by atoms with van der Waals surface area (Å²) in [7, 11) is 5.30. The van der Waals surface area contributed by atoms with E-state index in [9.17, 15) is 4.79 Å². The largest absolute Gasteiger partial charge is 0.495 e. The van der Waals surface area contributed by atoms with Gasteiger partial charge in [-0.3, -0.25) is 9.36 Å². The van der Waals surface area contributed by atoms with Crippen molar-refractivity contribution in [3.05, 3.63) is 53.8 Å². The Kier molecular flexibility index (Phi) is 5.04. The Bertz CT molecular complexity index is 941. The van der Waals surface area contributed by atoms with E-state index in [-0.39, 0.29) is 11.6 Å². The summed E-state index contributed by atoms with van der Waals surface area (Å²) in [6.07, 6.45) is 4.59. The minimum Gasteiger partial charge on any atom is -0.495 e. The van der Waals surface area contributed by atoms with Gasteiger partial charge in [-0.2, -0.15) is 0 Å². The molecule has 0 aliphatic rings. The maximum Gasteiger partial charge on any atom is 0.275 e. The number of aromatic nitrogens is 4. The van der Waals surface area contributed by atoms with Crippen molar-refractivity contribution in [2.45, 2.75) is 0 Å². The van der Waals surface area contributed by atoms with Gasteiger partial charge in [0.05, 0.1) is 12.1 Å². The molecule has 1 amide bonds. The van der Waals surface area contributed by atoms with Crippen molar-refractivity contribution in [2.24, 2.45) is 0 Å². The summed E-state index contributed by atoms with van der Waals surface area (Å²) >= 11 is 6.07. The molecule has 8 nitrogen and oxygen atoms in total. The Labute approximate surface area is 155 Å². The molecule has 134 valence electrons. The average molecular weight is 373 g/mol. The first-order valence-corrected chi connectivity index (χ1v) is 8.04. The molecular weight excluding hydrogens is 356 g/mol. The van der Waals surface area contributed by atoms with Crippen LogP contribution in [-0.4, -0.2) is 46.6 Å². The van der Waals surface area contributed by atoms with E-state index in [2.05, 4.69) is 20.3 Å². The number of carbonyl (C=O) groups is 1. The van der Waals surface area contributed by atoms with Crippen LogP contribution < -0.4 is 15.0 Å². The lowest BCUT2D eigenvalue weighted by Crippen LogP contribution is -2.12. The molecule has 0 saturated heterocycles. The monoisotopic (exact) mass is 372 g/mol. The number of amides is 1. The van der Waals surface area contributed by atoms with Gasteiger partial charge in [-0.25, -0.2) is 15.0 Å². The number of halogens is 1. The summed E-state index contributed by atoms with van der Waals surface area (Å²) in [6, 6.07) is 6.79. The highest BCUT2D eigenvalue weighted by Gasteiger charge is 2.12. The Morgan fingerprint density at radius 3 is 2.73 bits per heavy atom. The van der Waals surface area contributed by atoms with Gasteiger partial charge in [0.25, 0.3) is 5.91 Å². The molecule has 1 aromatic carbocycles. The van der Waals surface area contributed by atoms with Gasteiger partial charge in [-0.15, -0.1) is 0 Å². The van der Waals surface area contributed by atoms with Crippen molar-refractivity contribution in [2.75, 3.05) is 31.4 Å². The fourth-order valence-electron chi connectivity index (χ4n) is 2.23. The van der Waals surface area contributed by atoms with Gasteiger partial charge in [0.15, 0.2) is 0 Å². The number of rotatable bonds is 5. The third kappa shape index (κ3) is 3.75. The molecule has 0 saturated carbocycles. The van der Waals surface area contributed by atoms with Crippen LogP contribution in [-0.2, 0) is 0 Å². The fraction of sp³-hybridized carbons (Fsp3) is 0.176. The van der Waals surface area contributed by atoms with Crippen LogP contribution >= 0.6 is 11.6 Å². The minimum absolute atomic E-state index is 0.252. The predicted octanol–water partition coefficient (Wildman–Crippen LogP) is 2.64. The molecule has 1 N–H and O–H groups in total. The molecule has 9 heteroatoms. The number of hydrogen-bond donors (Lipinski definition) is 1. The number of benzene rings is 1. The molecule has 0 aliphatic carbocycles. The molecule has 2 heterocycles. The van der Waals surface area contributed by atoms with Gasteiger partial charge < -0.3 is 15.0 Å². The second-order valence-electron chi connectivity index (χ2n) is 5.60. The third-order valence-corrected chi connectivity index (χ3v) is 3.88. The summed E-state index contributed by atoms with van der Waals surface area (Å²) < 4.78 is 6.75. The van der Waals surface area contributed by atoms with E-state index in [1.165, 1.54) is 19.8 Å². The van der Waals surface area contributed by atoms with Crippen LogP contribution in [0.25, 0.3) is 5.82 Å². The maximum atomic E-state index is 12.4. The van der Waals surface area contributed by atoms with E-state index in [0.717, 1.165) is 5.82 Å². The van der Waals surface area contributed by atoms with Crippen molar-refractivity contribution >= 4 is 29.0 Å². The Balaban J connectivity index is 1.78. The minimum atomic E-state index is -0.355. The molecule has 0 unspecified atom stereocenters. The molecule has 0 fully saturated rings. The summed E-state index contributed by atoms with van der Waals surface area (Å²) in [4.78, 5) is 26.8. The zero-order chi connectivity index (χ0) is 18.7.